The largest absolute Gasteiger partial charge is 0.350 e. The van der Waals surface area contributed by atoms with E-state index in [4.69, 9.17) is 5.73 Å². The van der Waals surface area contributed by atoms with Crippen LogP contribution in [0.2, 0.25) is 0 Å². The molecule has 0 saturated carbocycles. The number of benzene rings is 1. The Labute approximate surface area is 109 Å². The van der Waals surface area contributed by atoms with Crippen molar-refractivity contribution in [3.63, 3.8) is 0 Å². The number of carbonyl (C=O) groups is 1. The topological polar surface area (TPSA) is 55.1 Å². The lowest BCUT2D eigenvalue weighted by Crippen LogP contribution is -2.31. The van der Waals surface area contributed by atoms with Crippen molar-refractivity contribution < 1.29 is 4.79 Å². The van der Waals surface area contributed by atoms with Gasteiger partial charge in [0.2, 0.25) is 0 Å². The van der Waals surface area contributed by atoms with E-state index in [-0.39, 0.29) is 11.9 Å². The van der Waals surface area contributed by atoms with Crippen LogP contribution < -0.4 is 11.1 Å². The molecule has 3 N–H and O–H groups in total. The molecule has 0 aliphatic carbocycles. The average Bonchev–Trinajstić information content (AvgIpc) is 2.35. The zero-order valence-corrected chi connectivity index (χ0v) is 11.2. The maximum absolute atomic E-state index is 12.0. The third-order valence-electron chi connectivity index (χ3n) is 2.66. The first-order valence-electron chi connectivity index (χ1n) is 6.18. The number of nitrogens with two attached hydrogens (primary N) is 1. The molecule has 1 atom stereocenters. The lowest BCUT2D eigenvalue weighted by atomic mass is 10.1. The Morgan fingerprint density at radius 2 is 2.17 bits per heavy atom. The fraction of sp³-hybridized carbons (Fsp3) is 0.400. The van der Waals surface area contributed by atoms with Crippen molar-refractivity contribution >= 4 is 5.91 Å². The minimum absolute atomic E-state index is 0.0520. The summed E-state index contributed by atoms with van der Waals surface area (Å²) in [6, 6.07) is 5.79. The van der Waals surface area contributed by atoms with Crippen LogP contribution in [-0.4, -0.2) is 18.5 Å². The fourth-order valence-corrected chi connectivity index (χ4v) is 1.55. The van der Waals surface area contributed by atoms with E-state index in [1.165, 1.54) is 0 Å². The molecule has 1 aromatic rings. The zero-order chi connectivity index (χ0) is 13.5. The molecule has 0 bridgehead atoms. The first kappa shape index (κ1) is 14.3. The summed E-state index contributed by atoms with van der Waals surface area (Å²) < 4.78 is 0. The van der Waals surface area contributed by atoms with Gasteiger partial charge in [-0.05, 0) is 44.0 Å². The highest BCUT2D eigenvalue weighted by molar-refractivity contribution is 5.95. The molecule has 0 heterocycles. The van der Waals surface area contributed by atoms with Crippen molar-refractivity contribution in [3.05, 3.63) is 34.9 Å². The van der Waals surface area contributed by atoms with Crippen LogP contribution >= 0.6 is 0 Å². The summed E-state index contributed by atoms with van der Waals surface area (Å²) in [5.74, 6) is 5.70. The number of carbonyl (C=O) groups excluding carboxylic acids is 1. The highest BCUT2D eigenvalue weighted by Gasteiger charge is 2.09. The predicted octanol–water partition coefficient (Wildman–Crippen LogP) is 1.83. The van der Waals surface area contributed by atoms with Gasteiger partial charge >= 0.3 is 0 Å². The van der Waals surface area contributed by atoms with Crippen molar-refractivity contribution in [2.45, 2.75) is 33.2 Å². The molecule has 96 valence electrons. The fourth-order valence-electron chi connectivity index (χ4n) is 1.55. The van der Waals surface area contributed by atoms with Gasteiger partial charge in [-0.15, -0.1) is 0 Å². The van der Waals surface area contributed by atoms with Crippen LogP contribution in [0, 0.1) is 18.8 Å². The Hall–Kier alpha value is -1.79. The van der Waals surface area contributed by atoms with Crippen LogP contribution in [0.25, 0.3) is 0 Å². The molecular formula is C15H20N2O. The molecule has 1 rings (SSSR count). The van der Waals surface area contributed by atoms with Gasteiger partial charge in [-0.1, -0.05) is 18.8 Å². The summed E-state index contributed by atoms with van der Waals surface area (Å²) in [6.07, 6.45) is 0.914. The van der Waals surface area contributed by atoms with E-state index < -0.39 is 0 Å². The second kappa shape index (κ2) is 6.83. The lowest BCUT2D eigenvalue weighted by molar-refractivity contribution is 0.0939. The maximum Gasteiger partial charge on any atom is 0.251 e. The van der Waals surface area contributed by atoms with Crippen molar-refractivity contribution in [2.24, 2.45) is 5.73 Å². The van der Waals surface area contributed by atoms with Gasteiger partial charge in [-0.2, -0.15) is 0 Å². The first-order valence-corrected chi connectivity index (χ1v) is 6.18. The van der Waals surface area contributed by atoms with Gasteiger partial charge in [0.05, 0.1) is 6.54 Å². The van der Waals surface area contributed by atoms with Crippen molar-refractivity contribution in [1.82, 2.24) is 5.32 Å². The Kier molecular flexibility index (Phi) is 5.41. The van der Waals surface area contributed by atoms with E-state index in [2.05, 4.69) is 17.2 Å². The molecule has 0 saturated heterocycles. The maximum atomic E-state index is 12.0. The monoisotopic (exact) mass is 244 g/mol. The van der Waals surface area contributed by atoms with Gasteiger partial charge < -0.3 is 11.1 Å². The summed E-state index contributed by atoms with van der Waals surface area (Å²) >= 11 is 0. The lowest BCUT2D eigenvalue weighted by Gasteiger charge is -2.12. The second-order valence-electron chi connectivity index (χ2n) is 4.38. The third kappa shape index (κ3) is 4.23. The average molecular weight is 244 g/mol. The SMILES string of the molecule is CCC(C)NC(=O)c1cc(C)cc(C#CCN)c1. The highest BCUT2D eigenvalue weighted by Crippen LogP contribution is 2.09. The quantitative estimate of drug-likeness (QED) is 0.797. The first-order chi connectivity index (χ1) is 8.56. The van der Waals surface area contributed by atoms with E-state index >= 15 is 0 Å². The van der Waals surface area contributed by atoms with Crippen molar-refractivity contribution in [1.29, 1.82) is 0 Å². The Morgan fingerprint density at radius 1 is 1.44 bits per heavy atom. The summed E-state index contributed by atoms with van der Waals surface area (Å²) in [6.45, 7) is 6.30. The molecule has 3 heteroatoms. The van der Waals surface area contributed by atoms with Gasteiger partial charge in [0.15, 0.2) is 0 Å². The molecule has 0 aliphatic heterocycles. The number of rotatable bonds is 3. The summed E-state index contributed by atoms with van der Waals surface area (Å²) in [4.78, 5) is 12.0. The van der Waals surface area contributed by atoms with Crippen LogP contribution in [0.3, 0.4) is 0 Å². The number of aryl methyl sites for hydroxylation is 1. The Bertz CT molecular complexity index is 483. The predicted molar refractivity (Wildman–Crippen MR) is 74.3 cm³/mol. The normalized spacial score (nSPS) is 11.3. The zero-order valence-electron chi connectivity index (χ0n) is 11.2. The van der Waals surface area contributed by atoms with Crippen LogP contribution in [0.5, 0.6) is 0 Å². The van der Waals surface area contributed by atoms with E-state index in [0.717, 1.165) is 17.5 Å². The molecule has 0 spiro atoms. The highest BCUT2D eigenvalue weighted by atomic mass is 16.1. The van der Waals surface area contributed by atoms with E-state index in [1.807, 2.05) is 32.9 Å². The minimum Gasteiger partial charge on any atom is -0.350 e. The number of hydrogen-bond acceptors (Lipinski definition) is 2. The molecule has 0 fully saturated rings. The molecule has 1 unspecified atom stereocenters. The summed E-state index contributed by atoms with van der Waals surface area (Å²) in [5, 5.41) is 2.94. The Balaban J connectivity index is 2.95. The van der Waals surface area contributed by atoms with Crippen LogP contribution in [0.4, 0.5) is 0 Å². The molecular weight excluding hydrogens is 224 g/mol. The second-order valence-corrected chi connectivity index (χ2v) is 4.38. The van der Waals surface area contributed by atoms with Gasteiger partial charge in [0, 0.05) is 17.2 Å². The van der Waals surface area contributed by atoms with Gasteiger partial charge in [-0.25, -0.2) is 0 Å². The van der Waals surface area contributed by atoms with E-state index in [0.29, 0.717) is 12.1 Å². The van der Waals surface area contributed by atoms with E-state index in [9.17, 15) is 4.79 Å². The molecule has 0 aliphatic rings. The summed E-state index contributed by atoms with van der Waals surface area (Å²) in [7, 11) is 0. The van der Waals surface area contributed by atoms with Gasteiger partial charge in [0.1, 0.15) is 0 Å². The molecule has 1 amide bonds. The van der Waals surface area contributed by atoms with Crippen LogP contribution in [0.1, 0.15) is 41.8 Å². The van der Waals surface area contributed by atoms with Crippen LogP contribution in [0.15, 0.2) is 18.2 Å². The number of nitrogens with one attached hydrogen (secondary N) is 1. The van der Waals surface area contributed by atoms with Crippen LogP contribution in [-0.2, 0) is 0 Å². The van der Waals surface area contributed by atoms with Gasteiger partial charge in [0.25, 0.3) is 5.91 Å². The molecule has 0 aromatic heterocycles. The molecule has 18 heavy (non-hydrogen) atoms. The molecule has 3 nitrogen and oxygen atoms in total. The van der Waals surface area contributed by atoms with E-state index in [1.54, 1.807) is 6.07 Å². The van der Waals surface area contributed by atoms with Crippen molar-refractivity contribution in [3.8, 4) is 11.8 Å². The smallest absolute Gasteiger partial charge is 0.251 e. The third-order valence-corrected chi connectivity index (χ3v) is 2.66. The van der Waals surface area contributed by atoms with Crippen molar-refractivity contribution in [2.75, 3.05) is 6.54 Å². The van der Waals surface area contributed by atoms with Gasteiger partial charge in [-0.3, -0.25) is 4.79 Å². The number of amides is 1. The standard InChI is InChI=1S/C15H20N2O/c1-4-12(3)17-15(18)14-9-11(2)8-13(10-14)6-5-7-16/h8-10,12H,4,7,16H2,1-3H3,(H,17,18). The number of hydrogen-bond donors (Lipinski definition) is 2. The minimum atomic E-state index is -0.0520. The summed E-state index contributed by atoms with van der Waals surface area (Å²) in [5.41, 5.74) is 7.84. The molecule has 0 radical (unpaired) electrons. The Morgan fingerprint density at radius 3 is 2.78 bits per heavy atom. The molecule has 1 aromatic carbocycles.